The fraction of sp³-hybridized carbons (Fsp3) is 0.190. The monoisotopic (exact) mass is 930 g/mol. The number of esters is 1. The summed E-state index contributed by atoms with van der Waals surface area (Å²) in [5.41, 5.74) is 2.85. The number of benzene rings is 4. The van der Waals surface area contributed by atoms with Crippen LogP contribution in [0.15, 0.2) is 144 Å². The molecular formula is C42H36FIN6O6S2. The van der Waals surface area contributed by atoms with E-state index in [0.717, 1.165) is 33.8 Å². The number of allylic oxidation sites excluding steroid dienone is 2. The maximum atomic E-state index is 13.9. The van der Waals surface area contributed by atoms with Gasteiger partial charge in [-0.05, 0) is 40.0 Å². The molecule has 0 bridgehead atoms. The minimum atomic E-state index is -1.32. The molecule has 2 amide bonds. The van der Waals surface area contributed by atoms with E-state index in [1.54, 1.807) is 37.5 Å². The number of amides is 2. The molecule has 2 aliphatic rings. The van der Waals surface area contributed by atoms with Crippen molar-refractivity contribution in [3.8, 4) is 5.75 Å². The van der Waals surface area contributed by atoms with Crippen LogP contribution in [-0.4, -0.2) is 73.3 Å². The lowest BCUT2D eigenvalue weighted by atomic mass is 9.77. The van der Waals surface area contributed by atoms with E-state index in [0.29, 0.717) is 26.6 Å². The summed E-state index contributed by atoms with van der Waals surface area (Å²) < 4.78 is 29.4. The van der Waals surface area contributed by atoms with Gasteiger partial charge in [0.05, 0.1) is 7.11 Å². The minimum absolute atomic E-state index is 0.0232. The van der Waals surface area contributed by atoms with Crippen LogP contribution < -0.4 is 15.4 Å². The fourth-order valence-corrected chi connectivity index (χ4v) is 8.88. The number of halogens is 2. The molecule has 58 heavy (non-hydrogen) atoms. The lowest BCUT2D eigenvalue weighted by molar-refractivity contribution is -0.153. The minimum Gasteiger partial charge on any atom is -0.497 e. The van der Waals surface area contributed by atoms with E-state index >= 15 is 0 Å². The van der Waals surface area contributed by atoms with Crippen LogP contribution in [-0.2, 0) is 36.1 Å². The van der Waals surface area contributed by atoms with Gasteiger partial charge in [-0.15, -0.1) is 11.8 Å². The molecule has 16 heteroatoms. The van der Waals surface area contributed by atoms with Gasteiger partial charge in [-0.2, -0.15) is 9.36 Å². The van der Waals surface area contributed by atoms with Gasteiger partial charge in [-0.1, -0.05) is 143 Å². The average Bonchev–Trinajstić information content (AvgIpc) is 3.74. The molecule has 1 fully saturated rings. The predicted molar refractivity (Wildman–Crippen MR) is 229 cm³/mol. The Morgan fingerprint density at radius 3 is 2.16 bits per heavy atom. The van der Waals surface area contributed by atoms with Crippen LogP contribution in [0.2, 0.25) is 0 Å². The first-order valence-electron chi connectivity index (χ1n) is 17.9. The van der Waals surface area contributed by atoms with Gasteiger partial charge in [0, 0.05) is 21.7 Å². The topological polar surface area (TPSA) is 144 Å². The van der Waals surface area contributed by atoms with Crippen LogP contribution in [0.3, 0.4) is 0 Å². The van der Waals surface area contributed by atoms with E-state index in [-0.39, 0.29) is 18.1 Å². The molecule has 4 aromatic carbocycles. The Balaban J connectivity index is 1.13. The van der Waals surface area contributed by atoms with Gasteiger partial charge in [-0.25, -0.2) is 9.18 Å². The lowest BCUT2D eigenvalue weighted by Crippen LogP contribution is -2.71. The summed E-state index contributed by atoms with van der Waals surface area (Å²) in [5, 5.41) is 9.74. The Morgan fingerprint density at radius 1 is 0.966 bits per heavy atom. The Labute approximate surface area is 355 Å². The second-order valence-corrected chi connectivity index (χ2v) is 15.5. The van der Waals surface area contributed by atoms with Crippen molar-refractivity contribution in [2.45, 2.75) is 23.6 Å². The molecule has 1 saturated heterocycles. The molecule has 12 nitrogen and oxygen atoms in total. The quantitative estimate of drug-likeness (QED) is 0.0202. The number of methoxy groups -OCH3 is 1. The Bertz CT molecular complexity index is 2230. The van der Waals surface area contributed by atoms with Crippen molar-refractivity contribution in [1.29, 1.82) is 0 Å². The lowest BCUT2D eigenvalue weighted by Gasteiger charge is -2.49. The number of thioether (sulfide) groups is 1. The number of aromatic nitrogens is 2. The number of hydrogen-bond donors (Lipinski definition) is 2. The van der Waals surface area contributed by atoms with Crippen LogP contribution in [0.5, 0.6) is 5.75 Å². The molecule has 0 radical (unpaired) electrons. The zero-order valence-electron chi connectivity index (χ0n) is 30.9. The van der Waals surface area contributed by atoms with Crippen molar-refractivity contribution in [3.05, 3.63) is 167 Å². The van der Waals surface area contributed by atoms with E-state index in [1.165, 1.54) is 16.7 Å². The summed E-state index contributed by atoms with van der Waals surface area (Å²) in [4.78, 5) is 52.0. The molecule has 5 aromatic rings. The largest absolute Gasteiger partial charge is 0.497 e. The molecule has 0 saturated carbocycles. The van der Waals surface area contributed by atoms with E-state index < -0.39 is 47.3 Å². The normalized spacial score (nSPS) is 16.7. The second kappa shape index (κ2) is 18.8. The van der Waals surface area contributed by atoms with Crippen molar-refractivity contribution in [3.63, 3.8) is 0 Å². The summed E-state index contributed by atoms with van der Waals surface area (Å²) in [5.74, 6) is -1.16. The van der Waals surface area contributed by atoms with Gasteiger partial charge in [0.2, 0.25) is 16.7 Å². The number of carbonyl (C=O) groups excluding carboxylic acids is 3. The van der Waals surface area contributed by atoms with E-state index in [1.807, 2.05) is 97.1 Å². The third-order valence-corrected chi connectivity index (χ3v) is 11.8. The van der Waals surface area contributed by atoms with Crippen molar-refractivity contribution >= 4 is 74.5 Å². The smallest absolute Gasteiger partial charge is 0.355 e. The number of carbonyl (C=O) groups is 3. The van der Waals surface area contributed by atoms with E-state index in [2.05, 4.69) is 47.7 Å². The van der Waals surface area contributed by atoms with Crippen molar-refractivity contribution in [2.24, 2.45) is 5.16 Å². The van der Waals surface area contributed by atoms with Crippen molar-refractivity contribution in [1.82, 2.24) is 19.6 Å². The molecule has 1 aromatic heterocycles. The van der Waals surface area contributed by atoms with Crippen LogP contribution in [0.4, 0.5) is 9.52 Å². The molecule has 2 atom stereocenters. The molecule has 296 valence electrons. The number of β-lactam (4-membered cyclic amide) rings is 1. The number of alkyl halides is 2. The molecule has 2 N–H and O–H groups in total. The van der Waals surface area contributed by atoms with Gasteiger partial charge in [0.15, 0.2) is 0 Å². The van der Waals surface area contributed by atoms with E-state index in [4.69, 9.17) is 14.3 Å². The number of fused-ring (bicyclic) bond motifs is 1. The number of oxime groups is 1. The zero-order valence-corrected chi connectivity index (χ0v) is 34.7. The summed E-state index contributed by atoms with van der Waals surface area (Å²) in [6.45, 7) is -1.34. The first-order chi connectivity index (χ1) is 28.4. The fourth-order valence-electron chi connectivity index (χ4n) is 6.68. The number of nitrogens with one attached hydrogen (secondary N) is 2. The Kier molecular flexibility index (Phi) is 13.1. The summed E-state index contributed by atoms with van der Waals surface area (Å²) in [7, 11) is 1.56. The Morgan fingerprint density at radius 2 is 1.59 bits per heavy atom. The third kappa shape index (κ3) is 8.49. The molecule has 0 aliphatic carbocycles. The highest BCUT2D eigenvalue weighted by molar-refractivity contribution is 14.1. The summed E-state index contributed by atoms with van der Waals surface area (Å²) in [6.07, 6.45) is 3.69. The number of hydrogen-bond acceptors (Lipinski definition) is 12. The predicted octanol–water partition coefficient (Wildman–Crippen LogP) is 6.99. The molecular weight excluding hydrogens is 895 g/mol. The number of ether oxygens (including phenoxy) is 2. The molecule has 0 unspecified atom stereocenters. The summed E-state index contributed by atoms with van der Waals surface area (Å²) >= 11 is 4.55. The summed E-state index contributed by atoms with van der Waals surface area (Å²) in [6, 6.07) is 35.6. The maximum absolute atomic E-state index is 13.9. The number of rotatable bonds is 16. The number of anilines is 1. The SMILES string of the molecule is COc1ccc(COC(=O)C2=C(/C=C/CI)CS[C@H]3[C@H](NC(=O)/C(=N\OCF)c4nsc(NC(c5ccccc5)(c5ccccc5)c5ccccc5)n4)C(=O)N23)cc1. The third-order valence-electron chi connectivity index (χ3n) is 9.39. The maximum Gasteiger partial charge on any atom is 0.355 e. The second-order valence-electron chi connectivity index (χ2n) is 12.8. The zero-order chi connectivity index (χ0) is 40.5. The molecule has 0 spiro atoms. The van der Waals surface area contributed by atoms with Crippen molar-refractivity contribution < 1.29 is 33.1 Å². The van der Waals surface area contributed by atoms with Crippen LogP contribution >= 0.6 is 45.9 Å². The molecule has 3 heterocycles. The highest BCUT2D eigenvalue weighted by Crippen LogP contribution is 2.42. The highest BCUT2D eigenvalue weighted by Gasteiger charge is 2.54. The van der Waals surface area contributed by atoms with Gasteiger partial charge in [0.1, 0.15) is 35.0 Å². The highest BCUT2D eigenvalue weighted by atomic mass is 127. The van der Waals surface area contributed by atoms with E-state index in [9.17, 15) is 18.8 Å². The molecule has 7 rings (SSSR count). The number of nitrogens with zero attached hydrogens (tertiary/aromatic N) is 4. The first kappa shape index (κ1) is 40.6. The van der Waals surface area contributed by atoms with Crippen LogP contribution in [0, 0.1) is 0 Å². The van der Waals surface area contributed by atoms with Crippen LogP contribution in [0.25, 0.3) is 0 Å². The van der Waals surface area contributed by atoms with Gasteiger partial charge >= 0.3 is 5.97 Å². The average molecular weight is 931 g/mol. The van der Waals surface area contributed by atoms with Gasteiger partial charge < -0.3 is 24.9 Å². The molecule has 2 aliphatic heterocycles. The van der Waals surface area contributed by atoms with Gasteiger partial charge in [-0.3, -0.25) is 14.5 Å². The van der Waals surface area contributed by atoms with Crippen LogP contribution in [0.1, 0.15) is 28.1 Å². The Hall–Kier alpha value is -5.59. The standard InChI is InChI=1S/C42H36FIN6O6S2/c1-54-32-21-19-27(20-22-32)24-55-40(53)35-28(12-11-23-44)25-57-39-34(38(52)50(35)39)45-37(51)33(48-56-26-43)36-46-41(58-49-36)47-42(29-13-5-2-6-14-29,30-15-7-3-8-16-30)31-17-9-4-10-18-31/h2-22,34,39H,23-26H2,1H3,(H,45,51)(H,46,47,49)/b12-11+,48-33-/t34-,39+/m1/s1. The van der Waals surface area contributed by atoms with Gasteiger partial charge in [0.25, 0.3) is 18.7 Å². The first-order valence-corrected chi connectivity index (χ1v) is 21.3. The van der Waals surface area contributed by atoms with Crippen molar-refractivity contribution in [2.75, 3.05) is 29.5 Å².